The van der Waals surface area contributed by atoms with Gasteiger partial charge in [0, 0.05) is 11.8 Å². The van der Waals surface area contributed by atoms with Gasteiger partial charge in [-0.2, -0.15) is 0 Å². The van der Waals surface area contributed by atoms with Crippen molar-refractivity contribution in [2.24, 2.45) is 5.92 Å². The van der Waals surface area contributed by atoms with Gasteiger partial charge in [-0.25, -0.2) is 0 Å². The number of carbonyl (C=O) groups is 1. The molecule has 0 amide bonds. The SMILES string of the molecule is CCCCCCCCCOC(=O)CC(CCCCCC)CCCCCBr. The Morgan fingerprint density at radius 1 is 0.731 bits per heavy atom. The van der Waals surface area contributed by atoms with Crippen molar-refractivity contribution in [3.63, 3.8) is 0 Å². The second-order valence-corrected chi connectivity index (χ2v) is 8.59. The molecule has 26 heavy (non-hydrogen) atoms. The van der Waals surface area contributed by atoms with Gasteiger partial charge in [0.1, 0.15) is 0 Å². The number of carbonyl (C=O) groups excluding carboxylic acids is 1. The van der Waals surface area contributed by atoms with Gasteiger partial charge in [0.15, 0.2) is 0 Å². The zero-order valence-electron chi connectivity index (χ0n) is 17.7. The second kappa shape index (κ2) is 21.3. The van der Waals surface area contributed by atoms with E-state index in [4.69, 9.17) is 4.74 Å². The lowest BCUT2D eigenvalue weighted by Crippen LogP contribution is -2.13. The molecule has 0 N–H and O–H groups in total. The number of hydrogen-bond acceptors (Lipinski definition) is 2. The topological polar surface area (TPSA) is 26.3 Å². The van der Waals surface area contributed by atoms with E-state index in [0.29, 0.717) is 18.9 Å². The van der Waals surface area contributed by atoms with Crippen LogP contribution >= 0.6 is 15.9 Å². The zero-order chi connectivity index (χ0) is 19.3. The molecule has 0 saturated carbocycles. The van der Waals surface area contributed by atoms with Gasteiger partial charge in [0.25, 0.3) is 0 Å². The standard InChI is InChI=1S/C23H45BrO2/c1-3-5-7-9-10-11-16-20-26-23(25)21-22(17-13-8-6-4-2)18-14-12-15-19-24/h22H,3-21H2,1-2H3. The Bertz CT molecular complexity index is 282. The molecule has 3 heteroatoms. The van der Waals surface area contributed by atoms with E-state index < -0.39 is 0 Å². The Hall–Kier alpha value is -0.0500. The van der Waals surface area contributed by atoms with E-state index in [2.05, 4.69) is 29.8 Å². The maximum Gasteiger partial charge on any atom is 0.306 e. The van der Waals surface area contributed by atoms with Crippen LogP contribution < -0.4 is 0 Å². The summed E-state index contributed by atoms with van der Waals surface area (Å²) in [4.78, 5) is 12.2. The Labute approximate surface area is 172 Å². The van der Waals surface area contributed by atoms with Gasteiger partial charge in [-0.05, 0) is 31.6 Å². The van der Waals surface area contributed by atoms with Crippen LogP contribution in [0.2, 0.25) is 0 Å². The van der Waals surface area contributed by atoms with Crippen molar-refractivity contribution in [1.29, 1.82) is 0 Å². The van der Waals surface area contributed by atoms with Crippen molar-refractivity contribution >= 4 is 21.9 Å². The minimum absolute atomic E-state index is 0.0389. The summed E-state index contributed by atoms with van der Waals surface area (Å²) in [5.41, 5.74) is 0. The fraction of sp³-hybridized carbons (Fsp3) is 0.957. The van der Waals surface area contributed by atoms with Crippen LogP contribution in [0.4, 0.5) is 0 Å². The van der Waals surface area contributed by atoms with Gasteiger partial charge in [-0.1, -0.05) is 107 Å². The molecule has 0 heterocycles. The van der Waals surface area contributed by atoms with Gasteiger partial charge < -0.3 is 4.74 Å². The number of ether oxygens (including phenoxy) is 1. The lowest BCUT2D eigenvalue weighted by atomic mass is 9.92. The fourth-order valence-corrected chi connectivity index (χ4v) is 3.85. The van der Waals surface area contributed by atoms with Crippen LogP contribution in [0.25, 0.3) is 0 Å². The smallest absolute Gasteiger partial charge is 0.306 e. The second-order valence-electron chi connectivity index (χ2n) is 7.80. The highest BCUT2D eigenvalue weighted by Crippen LogP contribution is 2.22. The van der Waals surface area contributed by atoms with E-state index in [-0.39, 0.29) is 5.97 Å². The Kier molecular flexibility index (Phi) is 21.2. The molecule has 2 nitrogen and oxygen atoms in total. The van der Waals surface area contributed by atoms with Gasteiger partial charge >= 0.3 is 5.97 Å². The van der Waals surface area contributed by atoms with Crippen LogP contribution in [0.3, 0.4) is 0 Å². The number of rotatable bonds is 20. The van der Waals surface area contributed by atoms with Crippen LogP contribution in [-0.2, 0) is 9.53 Å². The van der Waals surface area contributed by atoms with Crippen LogP contribution in [0.1, 0.15) is 123 Å². The van der Waals surface area contributed by atoms with Crippen molar-refractivity contribution < 1.29 is 9.53 Å². The van der Waals surface area contributed by atoms with Gasteiger partial charge in [0.05, 0.1) is 6.61 Å². The first-order chi connectivity index (χ1) is 12.7. The summed E-state index contributed by atoms with van der Waals surface area (Å²) in [6, 6.07) is 0. The first-order valence-corrected chi connectivity index (χ1v) is 12.6. The molecule has 0 saturated heterocycles. The summed E-state index contributed by atoms with van der Waals surface area (Å²) in [6.45, 7) is 5.12. The molecule has 0 aromatic rings. The predicted molar refractivity (Wildman–Crippen MR) is 118 cm³/mol. The van der Waals surface area contributed by atoms with E-state index in [0.717, 1.165) is 11.8 Å². The van der Waals surface area contributed by atoms with Crippen LogP contribution in [0.5, 0.6) is 0 Å². The molecular weight excluding hydrogens is 388 g/mol. The number of halogens is 1. The third kappa shape index (κ3) is 18.7. The van der Waals surface area contributed by atoms with E-state index >= 15 is 0 Å². The molecule has 1 unspecified atom stereocenters. The maximum absolute atomic E-state index is 12.2. The normalized spacial score (nSPS) is 12.3. The average molecular weight is 434 g/mol. The molecular formula is C23H45BrO2. The Morgan fingerprint density at radius 3 is 1.81 bits per heavy atom. The monoisotopic (exact) mass is 432 g/mol. The van der Waals surface area contributed by atoms with Crippen molar-refractivity contribution in [3.05, 3.63) is 0 Å². The number of unbranched alkanes of at least 4 members (excludes halogenated alkanes) is 11. The molecule has 0 rings (SSSR count). The van der Waals surface area contributed by atoms with E-state index in [1.54, 1.807) is 0 Å². The summed E-state index contributed by atoms with van der Waals surface area (Å²) < 4.78 is 5.51. The molecule has 0 aromatic heterocycles. The zero-order valence-corrected chi connectivity index (χ0v) is 19.3. The van der Waals surface area contributed by atoms with Gasteiger partial charge in [0.2, 0.25) is 0 Å². The number of esters is 1. The van der Waals surface area contributed by atoms with Crippen molar-refractivity contribution in [2.45, 2.75) is 123 Å². The molecule has 156 valence electrons. The number of hydrogen-bond donors (Lipinski definition) is 0. The minimum Gasteiger partial charge on any atom is -0.466 e. The average Bonchev–Trinajstić information content (AvgIpc) is 2.64. The summed E-state index contributed by atoms with van der Waals surface area (Å²) in [6.07, 6.45) is 20.8. The van der Waals surface area contributed by atoms with Gasteiger partial charge in [-0.3, -0.25) is 4.79 Å². The molecule has 0 aliphatic heterocycles. The Morgan fingerprint density at radius 2 is 1.23 bits per heavy atom. The molecule has 1 atom stereocenters. The lowest BCUT2D eigenvalue weighted by Gasteiger charge is -2.16. The van der Waals surface area contributed by atoms with Crippen molar-refractivity contribution in [1.82, 2.24) is 0 Å². The maximum atomic E-state index is 12.2. The van der Waals surface area contributed by atoms with Crippen molar-refractivity contribution in [2.75, 3.05) is 11.9 Å². The molecule has 0 fully saturated rings. The molecule has 0 bridgehead atoms. The highest BCUT2D eigenvalue weighted by molar-refractivity contribution is 9.09. The Balaban J connectivity index is 3.84. The van der Waals surface area contributed by atoms with Crippen LogP contribution in [0, 0.1) is 5.92 Å². The van der Waals surface area contributed by atoms with Crippen LogP contribution in [0.15, 0.2) is 0 Å². The van der Waals surface area contributed by atoms with Crippen molar-refractivity contribution in [3.8, 4) is 0 Å². The van der Waals surface area contributed by atoms with E-state index in [1.165, 1.54) is 96.3 Å². The first-order valence-electron chi connectivity index (χ1n) is 11.5. The van der Waals surface area contributed by atoms with Gasteiger partial charge in [-0.15, -0.1) is 0 Å². The first kappa shape index (κ1) is 26.0. The quantitative estimate of drug-likeness (QED) is 0.110. The molecule has 0 aliphatic rings. The predicted octanol–water partition coefficient (Wildman–Crippen LogP) is 8.21. The molecule has 0 radical (unpaired) electrons. The summed E-state index contributed by atoms with van der Waals surface area (Å²) in [7, 11) is 0. The molecule has 0 aromatic carbocycles. The molecule has 0 spiro atoms. The fourth-order valence-electron chi connectivity index (χ4n) is 3.45. The lowest BCUT2D eigenvalue weighted by molar-refractivity contribution is -0.145. The van der Waals surface area contributed by atoms with Crippen LogP contribution in [-0.4, -0.2) is 17.9 Å². The summed E-state index contributed by atoms with van der Waals surface area (Å²) >= 11 is 3.50. The highest BCUT2D eigenvalue weighted by Gasteiger charge is 2.14. The molecule has 0 aliphatic carbocycles. The summed E-state index contributed by atoms with van der Waals surface area (Å²) in [5, 5.41) is 1.09. The van der Waals surface area contributed by atoms with E-state index in [1.807, 2.05) is 0 Å². The minimum atomic E-state index is 0.0389. The van der Waals surface area contributed by atoms with E-state index in [9.17, 15) is 4.79 Å². The third-order valence-electron chi connectivity index (χ3n) is 5.18. The number of alkyl halides is 1. The summed E-state index contributed by atoms with van der Waals surface area (Å²) in [5.74, 6) is 0.570. The highest BCUT2D eigenvalue weighted by atomic mass is 79.9. The third-order valence-corrected chi connectivity index (χ3v) is 5.74. The largest absolute Gasteiger partial charge is 0.466 e.